The molecule has 0 aromatic heterocycles. The Morgan fingerprint density at radius 2 is 1.40 bits per heavy atom. The quantitative estimate of drug-likeness (QED) is 0.584. The Morgan fingerprint density at radius 1 is 0.867 bits per heavy atom. The van der Waals surface area contributed by atoms with Crippen molar-refractivity contribution in [3.8, 4) is 0 Å². The van der Waals surface area contributed by atoms with Gasteiger partial charge in [0.05, 0.1) is 0 Å². The zero-order valence-electron chi connectivity index (χ0n) is 9.88. The molecule has 0 radical (unpaired) electrons. The number of thioether (sulfide) groups is 2. The van der Waals surface area contributed by atoms with Gasteiger partial charge in [-0.15, -0.1) is 23.5 Å². The molecule has 0 bridgehead atoms. The fraction of sp³-hybridized carbons (Fsp3) is 0.333. The fourth-order valence-corrected chi connectivity index (χ4v) is 2.77. The number of rotatable bonds is 2. The van der Waals surface area contributed by atoms with Crippen LogP contribution in [0.4, 0.5) is 0 Å². The molecule has 4 nitrogen and oxygen atoms in total. The molecule has 0 atom stereocenters. The van der Waals surface area contributed by atoms with Gasteiger partial charge in [-0.3, -0.25) is 0 Å². The predicted molar refractivity (Wildman–Crippen MR) is 74.8 cm³/mol. The van der Waals surface area contributed by atoms with Crippen LogP contribution in [0.3, 0.4) is 0 Å². The van der Waals surface area contributed by atoms with Crippen LogP contribution in [-0.4, -0.2) is 12.5 Å². The maximum Gasteiger partial charge on any atom is 0.0234 e. The van der Waals surface area contributed by atoms with Crippen molar-refractivity contribution in [1.82, 2.24) is 24.6 Å². The molecular formula is C9H24N4S2. The summed E-state index contributed by atoms with van der Waals surface area (Å²) in [5, 5.41) is 0. The van der Waals surface area contributed by atoms with Crippen molar-refractivity contribution in [3.63, 3.8) is 0 Å². The summed E-state index contributed by atoms with van der Waals surface area (Å²) in [7, 11) is 0. The maximum atomic E-state index is 2.17. The summed E-state index contributed by atoms with van der Waals surface area (Å²) in [6.07, 6.45) is 4.25. The van der Waals surface area contributed by atoms with Crippen LogP contribution < -0.4 is 24.6 Å². The zero-order chi connectivity index (χ0) is 8.27. The summed E-state index contributed by atoms with van der Waals surface area (Å²) < 4.78 is 0. The van der Waals surface area contributed by atoms with E-state index in [1.807, 2.05) is 23.5 Å². The summed E-state index contributed by atoms with van der Waals surface area (Å²) in [6, 6.07) is 6.44. The minimum Gasteiger partial charge on any atom is -0.344 e. The van der Waals surface area contributed by atoms with Gasteiger partial charge in [0.2, 0.25) is 0 Å². The van der Waals surface area contributed by atoms with Gasteiger partial charge in [-0.05, 0) is 31.1 Å². The number of hydrogen-bond donors (Lipinski definition) is 4. The Bertz CT molecular complexity index is 256. The van der Waals surface area contributed by atoms with Crippen molar-refractivity contribution in [2.45, 2.75) is 16.7 Å². The first-order valence-corrected chi connectivity index (χ1v) is 5.92. The van der Waals surface area contributed by atoms with Crippen LogP contribution in [-0.2, 0) is 0 Å². The normalized spacial score (nSPS) is 7.40. The van der Waals surface area contributed by atoms with Gasteiger partial charge < -0.3 is 24.6 Å². The monoisotopic (exact) mass is 252 g/mol. The third-order valence-electron chi connectivity index (χ3n) is 1.60. The van der Waals surface area contributed by atoms with Gasteiger partial charge in [0, 0.05) is 9.79 Å². The van der Waals surface area contributed by atoms with E-state index >= 15 is 0 Å². The SMILES string of the molecule is CSc1cccc(C)c1SC.N.N.N.N. The summed E-state index contributed by atoms with van der Waals surface area (Å²) in [5.74, 6) is 0. The van der Waals surface area contributed by atoms with Crippen molar-refractivity contribution in [2.24, 2.45) is 0 Å². The van der Waals surface area contributed by atoms with E-state index in [1.54, 1.807) is 0 Å². The highest BCUT2D eigenvalue weighted by molar-refractivity contribution is 8.01. The van der Waals surface area contributed by atoms with E-state index in [4.69, 9.17) is 0 Å². The summed E-state index contributed by atoms with van der Waals surface area (Å²) in [6.45, 7) is 2.16. The van der Waals surface area contributed by atoms with Crippen LogP contribution in [0.15, 0.2) is 28.0 Å². The van der Waals surface area contributed by atoms with E-state index in [2.05, 4.69) is 37.6 Å². The molecule has 1 aromatic rings. The van der Waals surface area contributed by atoms with Crippen molar-refractivity contribution in [3.05, 3.63) is 23.8 Å². The summed E-state index contributed by atoms with van der Waals surface area (Å²) in [5.41, 5.74) is 1.38. The van der Waals surface area contributed by atoms with Crippen LogP contribution in [0.1, 0.15) is 5.56 Å². The molecule has 0 fully saturated rings. The third kappa shape index (κ3) is 6.03. The third-order valence-corrected chi connectivity index (χ3v) is 3.46. The zero-order valence-corrected chi connectivity index (χ0v) is 11.5. The molecule has 92 valence electrons. The van der Waals surface area contributed by atoms with Crippen LogP contribution in [0.5, 0.6) is 0 Å². The highest BCUT2D eigenvalue weighted by Crippen LogP contribution is 2.30. The van der Waals surface area contributed by atoms with Gasteiger partial charge in [0.25, 0.3) is 0 Å². The van der Waals surface area contributed by atoms with Crippen LogP contribution in [0.25, 0.3) is 0 Å². The molecular weight excluding hydrogens is 228 g/mol. The second kappa shape index (κ2) is 11.8. The lowest BCUT2D eigenvalue weighted by molar-refractivity contribution is 1.17. The predicted octanol–water partition coefficient (Wildman–Crippen LogP) is 4.09. The topological polar surface area (TPSA) is 140 Å². The van der Waals surface area contributed by atoms with E-state index in [0.717, 1.165) is 0 Å². The maximum absolute atomic E-state index is 2.17. The first-order chi connectivity index (χ1) is 5.29. The average molecular weight is 252 g/mol. The number of hydrogen-bond acceptors (Lipinski definition) is 6. The second-order valence-corrected chi connectivity index (χ2v) is 3.97. The molecule has 15 heavy (non-hydrogen) atoms. The molecule has 0 unspecified atom stereocenters. The van der Waals surface area contributed by atoms with E-state index in [-0.39, 0.29) is 24.6 Å². The summed E-state index contributed by atoms with van der Waals surface area (Å²) in [4.78, 5) is 2.80. The number of benzene rings is 1. The van der Waals surface area contributed by atoms with Gasteiger partial charge >= 0.3 is 0 Å². The molecule has 0 saturated carbocycles. The van der Waals surface area contributed by atoms with E-state index in [9.17, 15) is 0 Å². The Labute approximate surface area is 101 Å². The average Bonchev–Trinajstić information content (AvgIpc) is 2.04. The lowest BCUT2D eigenvalue weighted by atomic mass is 10.2. The van der Waals surface area contributed by atoms with Gasteiger partial charge in [-0.2, -0.15) is 0 Å². The largest absolute Gasteiger partial charge is 0.344 e. The van der Waals surface area contributed by atoms with Crippen molar-refractivity contribution >= 4 is 23.5 Å². The minimum absolute atomic E-state index is 0. The molecule has 0 spiro atoms. The molecule has 0 aliphatic rings. The van der Waals surface area contributed by atoms with Gasteiger partial charge in [-0.25, -0.2) is 0 Å². The molecule has 12 N–H and O–H groups in total. The highest BCUT2D eigenvalue weighted by Gasteiger charge is 2.01. The van der Waals surface area contributed by atoms with E-state index < -0.39 is 0 Å². The van der Waals surface area contributed by atoms with E-state index in [0.29, 0.717) is 0 Å². The highest BCUT2D eigenvalue weighted by atomic mass is 32.2. The Morgan fingerprint density at radius 3 is 1.73 bits per heavy atom. The minimum atomic E-state index is 0. The van der Waals surface area contributed by atoms with Gasteiger partial charge in [0.1, 0.15) is 0 Å². The van der Waals surface area contributed by atoms with Crippen molar-refractivity contribution in [2.75, 3.05) is 12.5 Å². The molecule has 1 rings (SSSR count). The lowest BCUT2D eigenvalue weighted by Crippen LogP contribution is -1.81. The van der Waals surface area contributed by atoms with Gasteiger partial charge in [-0.1, -0.05) is 12.1 Å². The molecule has 0 saturated heterocycles. The van der Waals surface area contributed by atoms with Gasteiger partial charge in [0.15, 0.2) is 0 Å². The smallest absolute Gasteiger partial charge is 0.0234 e. The van der Waals surface area contributed by atoms with Crippen molar-refractivity contribution in [1.29, 1.82) is 0 Å². The molecule has 0 aliphatic heterocycles. The molecule has 0 amide bonds. The Kier molecular flexibility index (Phi) is 19.0. The molecule has 1 aromatic carbocycles. The first-order valence-electron chi connectivity index (χ1n) is 3.47. The first kappa shape index (κ1) is 24.1. The molecule has 6 heteroatoms. The molecule has 0 heterocycles. The van der Waals surface area contributed by atoms with E-state index in [1.165, 1.54) is 15.4 Å². The van der Waals surface area contributed by atoms with Crippen LogP contribution in [0.2, 0.25) is 0 Å². The Balaban J connectivity index is -0.000000151. The van der Waals surface area contributed by atoms with Crippen LogP contribution >= 0.6 is 23.5 Å². The van der Waals surface area contributed by atoms with Crippen LogP contribution in [0, 0.1) is 6.92 Å². The van der Waals surface area contributed by atoms with Crippen molar-refractivity contribution < 1.29 is 0 Å². The standard InChI is InChI=1S/C9H12S2.4H3N/c1-7-5-4-6-8(10-2)9(7)11-3;;;;/h4-6H,1-3H3;4*1H3. The lowest BCUT2D eigenvalue weighted by Gasteiger charge is -2.06. The Hall–Kier alpha value is -0.240. The second-order valence-electron chi connectivity index (χ2n) is 2.31. The fourth-order valence-electron chi connectivity index (χ4n) is 1.05. The summed E-state index contributed by atoms with van der Waals surface area (Å²) >= 11 is 3.64. The number of aryl methyl sites for hydroxylation is 1. The molecule has 0 aliphatic carbocycles.